The van der Waals surface area contributed by atoms with Crippen molar-refractivity contribution in [3.8, 4) is 0 Å². The SMILES string of the molecule is C=C1CCc2c(c3ccccc3n2Cc2ccccc2)C1=O. The molecule has 0 bridgehead atoms. The molecule has 0 fully saturated rings. The van der Waals surface area contributed by atoms with Gasteiger partial charge in [0, 0.05) is 23.1 Å². The molecule has 2 nitrogen and oxygen atoms in total. The van der Waals surface area contributed by atoms with Gasteiger partial charge in [-0.2, -0.15) is 0 Å². The van der Waals surface area contributed by atoms with Crippen LogP contribution in [0.5, 0.6) is 0 Å². The van der Waals surface area contributed by atoms with Gasteiger partial charge in [-0.3, -0.25) is 4.79 Å². The molecule has 108 valence electrons. The predicted octanol–water partition coefficient (Wildman–Crippen LogP) is 4.37. The van der Waals surface area contributed by atoms with E-state index in [0.717, 1.165) is 47.1 Å². The molecular formula is C20H17NO. The monoisotopic (exact) mass is 287 g/mol. The molecule has 1 aromatic heterocycles. The molecule has 1 heterocycles. The summed E-state index contributed by atoms with van der Waals surface area (Å²) in [7, 11) is 0. The molecule has 3 aromatic rings. The molecule has 2 aromatic carbocycles. The summed E-state index contributed by atoms with van der Waals surface area (Å²) >= 11 is 0. The number of aromatic nitrogens is 1. The van der Waals surface area contributed by atoms with Gasteiger partial charge in [0.05, 0.1) is 5.56 Å². The number of carbonyl (C=O) groups excluding carboxylic acids is 1. The van der Waals surface area contributed by atoms with E-state index in [1.165, 1.54) is 5.56 Å². The summed E-state index contributed by atoms with van der Waals surface area (Å²) < 4.78 is 2.30. The van der Waals surface area contributed by atoms with Crippen molar-refractivity contribution in [1.82, 2.24) is 4.57 Å². The van der Waals surface area contributed by atoms with Crippen LogP contribution in [0.15, 0.2) is 66.7 Å². The van der Waals surface area contributed by atoms with E-state index < -0.39 is 0 Å². The van der Waals surface area contributed by atoms with Crippen molar-refractivity contribution >= 4 is 16.7 Å². The lowest BCUT2D eigenvalue weighted by atomic mass is 9.91. The van der Waals surface area contributed by atoms with Crippen molar-refractivity contribution in [2.45, 2.75) is 19.4 Å². The summed E-state index contributed by atoms with van der Waals surface area (Å²) in [5.74, 6) is 0.115. The zero-order chi connectivity index (χ0) is 15.1. The largest absolute Gasteiger partial charge is 0.339 e. The second kappa shape index (κ2) is 4.99. The molecule has 0 saturated heterocycles. The third-order valence-corrected chi connectivity index (χ3v) is 4.47. The minimum Gasteiger partial charge on any atom is -0.339 e. The summed E-state index contributed by atoms with van der Waals surface area (Å²) in [4.78, 5) is 12.6. The number of nitrogens with zero attached hydrogens (tertiary/aromatic N) is 1. The number of benzene rings is 2. The van der Waals surface area contributed by atoms with Crippen molar-refractivity contribution < 1.29 is 4.79 Å². The third-order valence-electron chi connectivity index (χ3n) is 4.47. The maximum absolute atomic E-state index is 12.6. The van der Waals surface area contributed by atoms with Crippen LogP contribution in [0.25, 0.3) is 10.9 Å². The molecule has 0 spiro atoms. The number of hydrogen-bond donors (Lipinski definition) is 0. The Balaban J connectivity index is 1.95. The second-order valence-corrected chi connectivity index (χ2v) is 5.84. The summed E-state index contributed by atoms with van der Waals surface area (Å²) in [5, 5.41) is 1.05. The van der Waals surface area contributed by atoms with Crippen LogP contribution in [0, 0.1) is 0 Å². The molecule has 22 heavy (non-hydrogen) atoms. The van der Waals surface area contributed by atoms with Crippen molar-refractivity contribution in [3.05, 3.63) is 83.6 Å². The summed E-state index contributed by atoms with van der Waals surface area (Å²) in [6.07, 6.45) is 1.65. The van der Waals surface area contributed by atoms with Gasteiger partial charge in [-0.1, -0.05) is 55.1 Å². The van der Waals surface area contributed by atoms with E-state index in [-0.39, 0.29) is 5.78 Å². The van der Waals surface area contributed by atoms with Gasteiger partial charge in [-0.05, 0) is 30.0 Å². The molecule has 0 saturated carbocycles. The second-order valence-electron chi connectivity index (χ2n) is 5.84. The normalized spacial score (nSPS) is 14.4. The van der Waals surface area contributed by atoms with Crippen LogP contribution < -0.4 is 0 Å². The highest BCUT2D eigenvalue weighted by molar-refractivity contribution is 6.18. The zero-order valence-corrected chi connectivity index (χ0v) is 12.4. The van der Waals surface area contributed by atoms with Gasteiger partial charge >= 0.3 is 0 Å². The first-order valence-electron chi connectivity index (χ1n) is 7.62. The van der Waals surface area contributed by atoms with E-state index in [0.29, 0.717) is 0 Å². The summed E-state index contributed by atoms with van der Waals surface area (Å²) in [5.41, 5.74) is 5.14. The highest BCUT2D eigenvalue weighted by atomic mass is 16.1. The van der Waals surface area contributed by atoms with Gasteiger partial charge < -0.3 is 4.57 Å². The molecule has 0 unspecified atom stereocenters. The first-order chi connectivity index (χ1) is 10.8. The smallest absolute Gasteiger partial charge is 0.190 e. The maximum Gasteiger partial charge on any atom is 0.190 e. The lowest BCUT2D eigenvalue weighted by Crippen LogP contribution is -2.15. The Labute approximate surface area is 129 Å². The van der Waals surface area contributed by atoms with Crippen LogP contribution in [0.3, 0.4) is 0 Å². The average molecular weight is 287 g/mol. The Morgan fingerprint density at radius 1 is 0.955 bits per heavy atom. The van der Waals surface area contributed by atoms with Gasteiger partial charge in [0.25, 0.3) is 0 Å². The van der Waals surface area contributed by atoms with Crippen molar-refractivity contribution in [2.24, 2.45) is 0 Å². The Morgan fingerprint density at radius 2 is 1.68 bits per heavy atom. The lowest BCUT2D eigenvalue weighted by Gasteiger charge is -2.17. The fourth-order valence-corrected chi connectivity index (χ4v) is 3.38. The molecule has 0 amide bonds. The number of fused-ring (bicyclic) bond motifs is 3. The van der Waals surface area contributed by atoms with Gasteiger partial charge in [-0.15, -0.1) is 0 Å². The van der Waals surface area contributed by atoms with Crippen molar-refractivity contribution in [3.63, 3.8) is 0 Å². The zero-order valence-electron chi connectivity index (χ0n) is 12.4. The Bertz CT molecular complexity index is 887. The van der Waals surface area contributed by atoms with E-state index in [1.54, 1.807) is 0 Å². The highest BCUT2D eigenvalue weighted by Gasteiger charge is 2.27. The number of ketones is 1. The van der Waals surface area contributed by atoms with Crippen LogP contribution in [-0.2, 0) is 13.0 Å². The minimum absolute atomic E-state index is 0.115. The van der Waals surface area contributed by atoms with E-state index in [1.807, 2.05) is 24.3 Å². The maximum atomic E-state index is 12.6. The molecule has 0 radical (unpaired) electrons. The first kappa shape index (κ1) is 13.1. The molecule has 0 atom stereocenters. The standard InChI is InChI=1S/C20H17NO/c1-14-11-12-18-19(20(14)22)16-9-5-6-10-17(16)21(18)13-15-7-3-2-4-8-15/h2-10H,1,11-13H2. The number of carbonyl (C=O) groups is 1. The van der Waals surface area contributed by atoms with Gasteiger partial charge in [-0.25, -0.2) is 0 Å². The lowest BCUT2D eigenvalue weighted by molar-refractivity contribution is 0.102. The quantitative estimate of drug-likeness (QED) is 0.641. The first-order valence-corrected chi connectivity index (χ1v) is 7.62. The fourth-order valence-electron chi connectivity index (χ4n) is 3.38. The highest BCUT2D eigenvalue weighted by Crippen LogP contribution is 2.34. The minimum atomic E-state index is 0.115. The number of Topliss-reactive ketones (excluding diaryl/α,β-unsaturated/α-hetero) is 1. The van der Waals surface area contributed by atoms with Crippen LogP contribution in [0.2, 0.25) is 0 Å². The topological polar surface area (TPSA) is 22.0 Å². The number of allylic oxidation sites excluding steroid dienone is 1. The third kappa shape index (κ3) is 1.92. The fraction of sp³-hybridized carbons (Fsp3) is 0.150. The van der Waals surface area contributed by atoms with Crippen LogP contribution in [0.4, 0.5) is 0 Å². The molecular weight excluding hydrogens is 270 g/mol. The Kier molecular flexibility index (Phi) is 2.97. The molecule has 0 aliphatic heterocycles. The van der Waals surface area contributed by atoms with E-state index in [9.17, 15) is 4.79 Å². The Hall–Kier alpha value is -2.61. The number of hydrogen-bond acceptors (Lipinski definition) is 1. The van der Waals surface area contributed by atoms with Crippen molar-refractivity contribution in [2.75, 3.05) is 0 Å². The van der Waals surface area contributed by atoms with E-state index in [4.69, 9.17) is 0 Å². The van der Waals surface area contributed by atoms with Gasteiger partial charge in [0.2, 0.25) is 0 Å². The molecule has 1 aliphatic carbocycles. The molecule has 4 rings (SSSR count). The van der Waals surface area contributed by atoms with Crippen molar-refractivity contribution in [1.29, 1.82) is 0 Å². The van der Waals surface area contributed by atoms with Crippen LogP contribution in [0.1, 0.15) is 28.0 Å². The van der Waals surface area contributed by atoms with Gasteiger partial charge in [0.1, 0.15) is 0 Å². The van der Waals surface area contributed by atoms with Gasteiger partial charge in [0.15, 0.2) is 5.78 Å². The predicted molar refractivity (Wildman–Crippen MR) is 89.3 cm³/mol. The molecule has 1 aliphatic rings. The average Bonchev–Trinajstić information content (AvgIpc) is 2.87. The summed E-state index contributed by atoms with van der Waals surface area (Å²) in [6, 6.07) is 18.6. The molecule has 0 N–H and O–H groups in total. The van der Waals surface area contributed by atoms with Crippen LogP contribution in [-0.4, -0.2) is 10.4 Å². The van der Waals surface area contributed by atoms with E-state index in [2.05, 4.69) is 41.5 Å². The molecule has 2 heteroatoms. The summed E-state index contributed by atoms with van der Waals surface area (Å²) in [6.45, 7) is 4.74. The van der Waals surface area contributed by atoms with E-state index >= 15 is 0 Å². The van der Waals surface area contributed by atoms with Crippen LogP contribution >= 0.6 is 0 Å². The number of para-hydroxylation sites is 1. The number of rotatable bonds is 2. The Morgan fingerprint density at radius 3 is 2.50 bits per heavy atom.